The van der Waals surface area contributed by atoms with E-state index in [4.69, 9.17) is 23.7 Å². The highest BCUT2D eigenvalue weighted by Crippen LogP contribution is 2.73. The normalized spacial score (nSPS) is 64.1. The maximum atomic E-state index is 14.8. The van der Waals surface area contributed by atoms with Crippen molar-refractivity contribution in [3.63, 3.8) is 0 Å². The Balaban J connectivity index is 1.33. The number of Topliss-reactive ketones (excluding diaryl/α,β-unsaturated/α-hetero) is 2. The summed E-state index contributed by atoms with van der Waals surface area (Å²) >= 11 is 0. The summed E-state index contributed by atoms with van der Waals surface area (Å²) < 4.78 is 32.4. The third kappa shape index (κ3) is 2.23. The number of ether oxygens (including phenoxy) is 5. The molecule has 0 aromatic heterocycles. The molecule has 6 bridgehead atoms. The predicted molar refractivity (Wildman–Crippen MR) is 124 cm³/mol. The maximum Gasteiger partial charge on any atom is 0.311 e. The molecular formula is C28H36O9. The van der Waals surface area contributed by atoms with Gasteiger partial charge in [-0.25, -0.2) is 0 Å². The first-order valence-electron chi connectivity index (χ1n) is 13.9. The lowest BCUT2D eigenvalue weighted by atomic mass is 9.61. The fourth-order valence-corrected chi connectivity index (χ4v) is 10.7. The van der Waals surface area contributed by atoms with Crippen LogP contribution in [0.15, 0.2) is 0 Å². The average Bonchev–Trinajstić information content (AvgIpc) is 3.20. The highest BCUT2D eigenvalue weighted by Gasteiger charge is 2.85. The third-order valence-electron chi connectivity index (χ3n) is 12.2. The van der Waals surface area contributed by atoms with Crippen molar-refractivity contribution < 1.29 is 43.2 Å². The van der Waals surface area contributed by atoms with E-state index in [-0.39, 0.29) is 35.8 Å². The molecule has 0 aromatic carbocycles. The molecule has 14 atom stereocenters. The fraction of sp³-hybridized carbons (Fsp3) is 0.893. The number of rotatable bonds is 0. The van der Waals surface area contributed by atoms with Gasteiger partial charge in [-0.3, -0.25) is 14.4 Å². The first-order chi connectivity index (χ1) is 17.1. The Kier molecular flexibility index (Phi) is 3.92. The first-order valence-corrected chi connectivity index (χ1v) is 13.9. The van der Waals surface area contributed by atoms with Crippen LogP contribution in [-0.2, 0) is 38.1 Å². The molecule has 9 rings (SSSR count). The van der Waals surface area contributed by atoms with Crippen LogP contribution in [0.5, 0.6) is 0 Å². The molecule has 7 saturated heterocycles. The molecule has 1 N–H and O–H groups in total. The van der Waals surface area contributed by atoms with Crippen LogP contribution in [0.3, 0.4) is 0 Å². The Morgan fingerprint density at radius 2 is 1.62 bits per heavy atom. The Morgan fingerprint density at radius 3 is 2.32 bits per heavy atom. The summed E-state index contributed by atoms with van der Waals surface area (Å²) in [4.78, 5) is 41.4. The number of aliphatic hydroxyl groups is 1. The maximum absolute atomic E-state index is 14.8. The molecule has 202 valence electrons. The van der Waals surface area contributed by atoms with Gasteiger partial charge in [0.1, 0.15) is 23.6 Å². The van der Waals surface area contributed by atoms with Gasteiger partial charge in [-0.2, -0.15) is 0 Å². The van der Waals surface area contributed by atoms with Crippen LogP contribution in [0.1, 0.15) is 67.2 Å². The second kappa shape index (κ2) is 6.17. The summed E-state index contributed by atoms with van der Waals surface area (Å²) in [5.74, 6) is -6.27. The van der Waals surface area contributed by atoms with Gasteiger partial charge >= 0.3 is 5.97 Å². The molecule has 9 fully saturated rings. The van der Waals surface area contributed by atoms with E-state index >= 15 is 0 Å². The largest absolute Gasteiger partial charge is 0.459 e. The molecule has 2 aliphatic carbocycles. The predicted octanol–water partition coefficient (Wildman–Crippen LogP) is 1.91. The molecule has 0 amide bonds. The number of carbonyl (C=O) groups excluding carboxylic acids is 3. The van der Waals surface area contributed by atoms with Crippen molar-refractivity contribution in [2.75, 3.05) is 0 Å². The Bertz CT molecular complexity index is 1180. The van der Waals surface area contributed by atoms with Crippen molar-refractivity contribution in [1.82, 2.24) is 0 Å². The van der Waals surface area contributed by atoms with Crippen LogP contribution in [-0.4, -0.2) is 69.3 Å². The highest BCUT2D eigenvalue weighted by molar-refractivity contribution is 5.97. The molecule has 0 aromatic rings. The van der Waals surface area contributed by atoms with Crippen molar-refractivity contribution in [2.45, 2.75) is 114 Å². The number of hydrogen-bond acceptors (Lipinski definition) is 9. The van der Waals surface area contributed by atoms with E-state index in [1.807, 2.05) is 27.7 Å². The standard InChI is InChI=1S/C28H36O9/c1-11-15-18-17(12(2)22(31)33-18)35-28-19(15)24(5,20(11)29)7-8-26(37-28)10-27(32)14-9-13(16(26)21(28)30)34-25(27,6)36-23(14,3)4/h11-19,32H,7-10H2,1-6H3/t11-,12-,13-,14-,15-,16?,17+,18-,19-,24-,25+,26-,27+,28-/m0/s1. The van der Waals surface area contributed by atoms with Crippen LogP contribution >= 0.6 is 0 Å². The fourth-order valence-electron chi connectivity index (χ4n) is 10.7. The lowest BCUT2D eigenvalue weighted by Crippen LogP contribution is -2.65. The van der Waals surface area contributed by atoms with Crippen molar-refractivity contribution in [3.05, 3.63) is 0 Å². The van der Waals surface area contributed by atoms with Gasteiger partial charge in [0.2, 0.25) is 11.6 Å². The Morgan fingerprint density at radius 1 is 0.892 bits per heavy atom. The quantitative estimate of drug-likeness (QED) is 0.482. The molecule has 9 heteroatoms. The second-order valence-electron chi connectivity index (χ2n) is 14.3. The summed E-state index contributed by atoms with van der Waals surface area (Å²) in [7, 11) is 0. The van der Waals surface area contributed by atoms with Crippen LogP contribution < -0.4 is 0 Å². The zero-order valence-corrected chi connectivity index (χ0v) is 22.2. The summed E-state index contributed by atoms with van der Waals surface area (Å²) in [6.07, 6.45) is -0.200. The summed E-state index contributed by atoms with van der Waals surface area (Å²) in [5, 5.41) is 12.3. The summed E-state index contributed by atoms with van der Waals surface area (Å²) in [6.45, 7) is 11.3. The van der Waals surface area contributed by atoms with Gasteiger partial charge in [-0.15, -0.1) is 0 Å². The highest BCUT2D eigenvalue weighted by atomic mass is 16.8. The summed E-state index contributed by atoms with van der Waals surface area (Å²) in [6, 6.07) is 0. The topological polar surface area (TPSA) is 118 Å². The minimum absolute atomic E-state index is 0.0710. The smallest absolute Gasteiger partial charge is 0.311 e. The van der Waals surface area contributed by atoms with Crippen molar-refractivity contribution >= 4 is 17.5 Å². The van der Waals surface area contributed by atoms with Crippen molar-refractivity contribution in [3.8, 4) is 0 Å². The Hall–Kier alpha value is -1.39. The number of esters is 1. The number of fused-ring (bicyclic) bond motifs is 2. The van der Waals surface area contributed by atoms with Crippen molar-refractivity contribution in [2.24, 2.45) is 40.9 Å². The number of carbonyl (C=O) groups is 3. The third-order valence-corrected chi connectivity index (χ3v) is 12.2. The molecule has 9 nitrogen and oxygen atoms in total. The van der Waals surface area contributed by atoms with E-state index in [0.29, 0.717) is 19.3 Å². The lowest BCUT2D eigenvalue weighted by molar-refractivity contribution is -0.338. The van der Waals surface area contributed by atoms with Gasteiger partial charge in [0.15, 0.2) is 5.79 Å². The van der Waals surface area contributed by atoms with Crippen molar-refractivity contribution in [1.29, 1.82) is 0 Å². The van der Waals surface area contributed by atoms with E-state index < -0.39 is 75.8 Å². The number of hydrogen-bond donors (Lipinski definition) is 1. The zero-order valence-electron chi connectivity index (χ0n) is 22.2. The van der Waals surface area contributed by atoms with Crippen LogP contribution in [0.4, 0.5) is 0 Å². The molecule has 0 radical (unpaired) electrons. The van der Waals surface area contributed by atoms with Gasteiger partial charge in [-0.1, -0.05) is 13.8 Å². The van der Waals surface area contributed by atoms with E-state index in [2.05, 4.69) is 0 Å². The molecule has 2 saturated carbocycles. The molecule has 1 unspecified atom stereocenters. The van der Waals surface area contributed by atoms with E-state index in [1.165, 1.54) is 0 Å². The summed E-state index contributed by atoms with van der Waals surface area (Å²) in [5.41, 5.74) is -3.94. The molecule has 9 aliphatic rings. The zero-order chi connectivity index (χ0) is 26.3. The average molecular weight is 517 g/mol. The van der Waals surface area contributed by atoms with E-state index in [9.17, 15) is 19.5 Å². The molecule has 2 spiro atoms. The lowest BCUT2D eigenvalue weighted by Gasteiger charge is -2.51. The van der Waals surface area contributed by atoms with E-state index in [1.54, 1.807) is 13.8 Å². The molecule has 37 heavy (non-hydrogen) atoms. The van der Waals surface area contributed by atoms with Gasteiger partial charge in [0.25, 0.3) is 0 Å². The van der Waals surface area contributed by atoms with Crippen LogP contribution in [0.2, 0.25) is 0 Å². The Labute approximate surface area is 215 Å². The molecular weight excluding hydrogens is 480 g/mol. The minimum Gasteiger partial charge on any atom is -0.459 e. The molecule has 7 aliphatic heterocycles. The minimum atomic E-state index is -1.68. The molecule has 7 heterocycles. The monoisotopic (exact) mass is 516 g/mol. The SMILES string of the molecule is C[C@@H]1C(=O)O[C@@H]2[C@@H]1O[C@]13O[C@@]4(CC[C@]5(C)C(=O)[C@@H](C)[C@@H]2[C@H]15)C[C@@]1(O)[C@H]2C[C@H](O[C@]1(C)OC2(C)C)C4C3=O. The van der Waals surface area contributed by atoms with Gasteiger partial charge < -0.3 is 28.8 Å². The number of ketones is 2. The van der Waals surface area contributed by atoms with E-state index in [0.717, 1.165) is 0 Å². The van der Waals surface area contributed by atoms with Gasteiger partial charge in [-0.05, 0) is 47.0 Å². The second-order valence-corrected chi connectivity index (χ2v) is 14.3. The van der Waals surface area contributed by atoms with Crippen LogP contribution in [0.25, 0.3) is 0 Å². The van der Waals surface area contributed by atoms with Gasteiger partial charge in [0.05, 0.1) is 29.1 Å². The van der Waals surface area contributed by atoms with Crippen LogP contribution in [0, 0.1) is 40.9 Å². The van der Waals surface area contributed by atoms with Gasteiger partial charge in [0, 0.05) is 35.5 Å². The first kappa shape index (κ1) is 23.5.